The molecular weight excluding hydrogens is 336 g/mol. The summed E-state index contributed by atoms with van der Waals surface area (Å²) in [5.41, 5.74) is 18.5. The standard InChI is InChI=1S/C12H12N2O2S.C6H8N2/c13-11-8-4-5-9-12(11)14-17(15,16)10-6-2-1-3-7-10;7-5-3-1-2-4-6(5)8/h1-9,14H,13H2;1-4H,7-8H2. The first-order valence-corrected chi connectivity index (χ1v) is 8.91. The van der Waals surface area contributed by atoms with E-state index < -0.39 is 10.0 Å². The average Bonchev–Trinajstić information content (AvgIpc) is 2.61. The Balaban J connectivity index is 0.000000236. The number of nitrogens with two attached hydrogens (primary N) is 3. The first-order valence-electron chi connectivity index (χ1n) is 7.42. The normalized spacial score (nSPS) is 10.4. The Bertz CT molecular complexity index is 908. The Hall–Kier alpha value is -3.19. The zero-order valence-corrected chi connectivity index (χ0v) is 14.3. The van der Waals surface area contributed by atoms with Crippen LogP contribution in [0.4, 0.5) is 22.7 Å². The van der Waals surface area contributed by atoms with Gasteiger partial charge in [-0.3, -0.25) is 4.72 Å². The van der Waals surface area contributed by atoms with Gasteiger partial charge < -0.3 is 17.2 Å². The summed E-state index contributed by atoms with van der Waals surface area (Å²) in [6.45, 7) is 0. The zero-order valence-electron chi connectivity index (χ0n) is 13.5. The van der Waals surface area contributed by atoms with Gasteiger partial charge in [-0.05, 0) is 36.4 Å². The van der Waals surface area contributed by atoms with Crippen molar-refractivity contribution in [3.63, 3.8) is 0 Å². The van der Waals surface area contributed by atoms with Crippen molar-refractivity contribution in [2.75, 3.05) is 21.9 Å². The van der Waals surface area contributed by atoms with Crippen LogP contribution in [0.15, 0.2) is 83.8 Å². The molecule has 7 heteroatoms. The highest BCUT2D eigenvalue weighted by atomic mass is 32.2. The van der Waals surface area contributed by atoms with Gasteiger partial charge in [0.25, 0.3) is 10.0 Å². The molecule has 0 aliphatic heterocycles. The average molecular weight is 356 g/mol. The molecule has 0 unspecified atom stereocenters. The van der Waals surface area contributed by atoms with Crippen molar-refractivity contribution in [3.8, 4) is 0 Å². The Morgan fingerprint density at radius 2 is 1.04 bits per heavy atom. The van der Waals surface area contributed by atoms with Crippen molar-refractivity contribution in [2.45, 2.75) is 4.90 Å². The van der Waals surface area contributed by atoms with E-state index in [1.165, 1.54) is 12.1 Å². The minimum absolute atomic E-state index is 0.211. The Morgan fingerprint density at radius 1 is 0.600 bits per heavy atom. The summed E-state index contributed by atoms with van der Waals surface area (Å²) in [4.78, 5) is 0.211. The first kappa shape index (κ1) is 18.2. The smallest absolute Gasteiger partial charge is 0.261 e. The van der Waals surface area contributed by atoms with Crippen LogP contribution in [-0.4, -0.2) is 8.42 Å². The van der Waals surface area contributed by atoms with E-state index in [4.69, 9.17) is 17.2 Å². The third-order valence-electron chi connectivity index (χ3n) is 3.25. The number of para-hydroxylation sites is 4. The van der Waals surface area contributed by atoms with Gasteiger partial charge in [0.05, 0.1) is 27.6 Å². The fraction of sp³-hybridized carbons (Fsp3) is 0. The Morgan fingerprint density at radius 3 is 1.52 bits per heavy atom. The summed E-state index contributed by atoms with van der Waals surface area (Å²) in [6, 6.07) is 22.1. The molecule has 0 aliphatic rings. The summed E-state index contributed by atoms with van der Waals surface area (Å²) < 4.78 is 26.4. The van der Waals surface area contributed by atoms with Crippen LogP contribution in [0.3, 0.4) is 0 Å². The molecule has 0 radical (unpaired) electrons. The van der Waals surface area contributed by atoms with E-state index in [-0.39, 0.29) is 4.90 Å². The van der Waals surface area contributed by atoms with Crippen LogP contribution in [0, 0.1) is 0 Å². The summed E-state index contributed by atoms with van der Waals surface area (Å²) in [5, 5.41) is 0. The van der Waals surface area contributed by atoms with Crippen molar-refractivity contribution >= 4 is 32.8 Å². The SMILES string of the molecule is Nc1ccccc1N.Nc1ccccc1NS(=O)(=O)c1ccccc1. The second kappa shape index (κ2) is 8.07. The summed E-state index contributed by atoms with van der Waals surface area (Å²) >= 11 is 0. The Kier molecular flexibility index (Phi) is 5.86. The van der Waals surface area contributed by atoms with Crippen LogP contribution < -0.4 is 21.9 Å². The van der Waals surface area contributed by atoms with E-state index in [0.29, 0.717) is 22.7 Å². The second-order valence-electron chi connectivity index (χ2n) is 5.13. The molecule has 130 valence electrons. The van der Waals surface area contributed by atoms with E-state index in [9.17, 15) is 8.42 Å². The molecule has 3 aromatic rings. The van der Waals surface area contributed by atoms with E-state index in [1.807, 2.05) is 12.1 Å². The minimum atomic E-state index is -3.57. The molecule has 0 spiro atoms. The number of sulfonamides is 1. The van der Waals surface area contributed by atoms with Gasteiger partial charge in [0.1, 0.15) is 0 Å². The lowest BCUT2D eigenvalue weighted by Crippen LogP contribution is -2.13. The third-order valence-corrected chi connectivity index (χ3v) is 4.64. The fourth-order valence-electron chi connectivity index (χ4n) is 1.90. The van der Waals surface area contributed by atoms with Gasteiger partial charge in [0, 0.05) is 0 Å². The van der Waals surface area contributed by atoms with E-state index >= 15 is 0 Å². The third kappa shape index (κ3) is 5.15. The number of anilines is 4. The van der Waals surface area contributed by atoms with Crippen LogP contribution in [-0.2, 0) is 10.0 Å². The van der Waals surface area contributed by atoms with Gasteiger partial charge in [-0.1, -0.05) is 42.5 Å². The van der Waals surface area contributed by atoms with Gasteiger partial charge in [0.15, 0.2) is 0 Å². The van der Waals surface area contributed by atoms with Crippen molar-refractivity contribution in [3.05, 3.63) is 78.9 Å². The Labute approximate surface area is 147 Å². The maximum atomic E-state index is 12.0. The molecule has 3 aromatic carbocycles. The number of benzene rings is 3. The maximum Gasteiger partial charge on any atom is 0.261 e. The fourth-order valence-corrected chi connectivity index (χ4v) is 3.01. The van der Waals surface area contributed by atoms with Gasteiger partial charge in [-0.2, -0.15) is 0 Å². The first-order chi connectivity index (χ1) is 11.9. The van der Waals surface area contributed by atoms with E-state index in [0.717, 1.165) is 0 Å². The number of nitrogens with one attached hydrogen (secondary N) is 1. The lowest BCUT2D eigenvalue weighted by Gasteiger charge is -2.09. The molecule has 0 amide bonds. The monoisotopic (exact) mass is 356 g/mol. The van der Waals surface area contributed by atoms with Crippen LogP contribution in [0.2, 0.25) is 0 Å². The zero-order chi connectivity index (χ0) is 18.3. The van der Waals surface area contributed by atoms with E-state index in [1.54, 1.807) is 54.6 Å². The molecule has 0 fully saturated rings. The molecule has 25 heavy (non-hydrogen) atoms. The quantitative estimate of drug-likeness (QED) is 0.537. The topological polar surface area (TPSA) is 124 Å². The molecule has 7 N–H and O–H groups in total. The molecule has 0 aromatic heterocycles. The number of hydrogen-bond donors (Lipinski definition) is 4. The summed E-state index contributed by atoms with van der Waals surface area (Å²) in [5.74, 6) is 0. The molecule has 0 atom stereocenters. The molecule has 3 rings (SSSR count). The highest BCUT2D eigenvalue weighted by molar-refractivity contribution is 7.92. The summed E-state index contributed by atoms with van der Waals surface area (Å²) in [7, 11) is -3.57. The maximum absolute atomic E-state index is 12.0. The predicted molar refractivity (Wildman–Crippen MR) is 103 cm³/mol. The lowest BCUT2D eigenvalue weighted by molar-refractivity contribution is 0.601. The molecule has 0 saturated carbocycles. The lowest BCUT2D eigenvalue weighted by atomic mass is 10.3. The van der Waals surface area contributed by atoms with Crippen LogP contribution in [0.5, 0.6) is 0 Å². The second-order valence-corrected chi connectivity index (χ2v) is 6.82. The van der Waals surface area contributed by atoms with E-state index in [2.05, 4.69) is 4.72 Å². The highest BCUT2D eigenvalue weighted by Crippen LogP contribution is 2.21. The minimum Gasteiger partial charge on any atom is -0.397 e. The molecule has 0 heterocycles. The largest absolute Gasteiger partial charge is 0.397 e. The van der Waals surface area contributed by atoms with Crippen LogP contribution >= 0.6 is 0 Å². The highest BCUT2D eigenvalue weighted by Gasteiger charge is 2.14. The van der Waals surface area contributed by atoms with Crippen molar-refractivity contribution < 1.29 is 8.42 Å². The predicted octanol–water partition coefficient (Wildman–Crippen LogP) is 2.92. The molecule has 6 nitrogen and oxygen atoms in total. The summed E-state index contributed by atoms with van der Waals surface area (Å²) in [6.07, 6.45) is 0. The number of hydrogen-bond acceptors (Lipinski definition) is 5. The molecule has 0 saturated heterocycles. The van der Waals surface area contributed by atoms with Crippen molar-refractivity contribution in [1.82, 2.24) is 0 Å². The number of nitrogen functional groups attached to an aromatic ring is 3. The molecule has 0 bridgehead atoms. The van der Waals surface area contributed by atoms with Gasteiger partial charge in [-0.15, -0.1) is 0 Å². The van der Waals surface area contributed by atoms with Crippen molar-refractivity contribution in [2.24, 2.45) is 0 Å². The van der Waals surface area contributed by atoms with Crippen LogP contribution in [0.25, 0.3) is 0 Å². The molecule has 0 aliphatic carbocycles. The van der Waals surface area contributed by atoms with Crippen molar-refractivity contribution in [1.29, 1.82) is 0 Å². The van der Waals surface area contributed by atoms with Crippen LogP contribution in [0.1, 0.15) is 0 Å². The van der Waals surface area contributed by atoms with Gasteiger partial charge in [-0.25, -0.2) is 8.42 Å². The number of rotatable bonds is 3. The van der Waals surface area contributed by atoms with Gasteiger partial charge in [0.2, 0.25) is 0 Å². The molecular formula is C18H20N4O2S. The van der Waals surface area contributed by atoms with Gasteiger partial charge >= 0.3 is 0 Å².